The molecular weight excluding hydrogens is 332 g/mol. The molecule has 0 saturated carbocycles. The fourth-order valence-electron chi connectivity index (χ4n) is 3.30. The fraction of sp³-hybridized carbons (Fsp3) is 0.208. The van der Waals surface area contributed by atoms with Crippen LogP contribution in [0, 0.1) is 0 Å². The second-order valence-electron chi connectivity index (χ2n) is 6.98. The molecule has 0 heterocycles. The number of nitrogens with one attached hydrogen (secondary N) is 1. The van der Waals surface area contributed by atoms with Crippen molar-refractivity contribution < 1.29 is 4.79 Å². The SMILES string of the molecule is CN(C)Cc1ccccc1CNC(=O)C(c1ccccc1)c1ccccc1. The van der Waals surface area contributed by atoms with E-state index in [4.69, 9.17) is 0 Å². The molecule has 0 saturated heterocycles. The van der Waals surface area contributed by atoms with Gasteiger partial charge in [-0.05, 0) is 36.3 Å². The lowest BCUT2D eigenvalue weighted by Crippen LogP contribution is -2.30. The van der Waals surface area contributed by atoms with Crippen molar-refractivity contribution in [1.82, 2.24) is 10.2 Å². The van der Waals surface area contributed by atoms with Gasteiger partial charge in [-0.2, -0.15) is 0 Å². The van der Waals surface area contributed by atoms with Gasteiger partial charge < -0.3 is 10.2 Å². The maximum atomic E-state index is 13.1. The average Bonchev–Trinajstić information content (AvgIpc) is 2.69. The minimum absolute atomic E-state index is 0.0204. The van der Waals surface area contributed by atoms with Crippen molar-refractivity contribution >= 4 is 5.91 Å². The Kier molecular flexibility index (Phi) is 6.39. The molecule has 0 atom stereocenters. The summed E-state index contributed by atoms with van der Waals surface area (Å²) >= 11 is 0. The zero-order valence-electron chi connectivity index (χ0n) is 15.9. The van der Waals surface area contributed by atoms with Crippen molar-refractivity contribution in [3.8, 4) is 0 Å². The highest BCUT2D eigenvalue weighted by Gasteiger charge is 2.22. The highest BCUT2D eigenvalue weighted by Crippen LogP contribution is 2.25. The van der Waals surface area contributed by atoms with Gasteiger partial charge in [0.05, 0.1) is 5.92 Å². The molecule has 27 heavy (non-hydrogen) atoms. The van der Waals surface area contributed by atoms with Crippen LogP contribution in [0.3, 0.4) is 0 Å². The molecule has 3 rings (SSSR count). The zero-order valence-corrected chi connectivity index (χ0v) is 15.9. The lowest BCUT2D eigenvalue weighted by Gasteiger charge is -2.19. The van der Waals surface area contributed by atoms with Gasteiger partial charge in [-0.15, -0.1) is 0 Å². The van der Waals surface area contributed by atoms with Crippen LogP contribution in [0.25, 0.3) is 0 Å². The van der Waals surface area contributed by atoms with Gasteiger partial charge >= 0.3 is 0 Å². The van der Waals surface area contributed by atoms with E-state index in [9.17, 15) is 4.79 Å². The monoisotopic (exact) mass is 358 g/mol. The van der Waals surface area contributed by atoms with Crippen molar-refractivity contribution in [2.24, 2.45) is 0 Å². The Morgan fingerprint density at radius 2 is 1.26 bits per heavy atom. The summed E-state index contributed by atoms with van der Waals surface area (Å²) in [5, 5.41) is 3.15. The summed E-state index contributed by atoms with van der Waals surface area (Å²) in [6.45, 7) is 1.38. The molecule has 0 aliphatic carbocycles. The first-order valence-corrected chi connectivity index (χ1v) is 9.24. The van der Waals surface area contributed by atoms with Crippen molar-refractivity contribution in [3.63, 3.8) is 0 Å². The molecule has 3 aromatic carbocycles. The van der Waals surface area contributed by atoms with E-state index in [1.165, 1.54) is 5.56 Å². The van der Waals surface area contributed by atoms with Crippen LogP contribution in [-0.2, 0) is 17.9 Å². The van der Waals surface area contributed by atoms with Gasteiger partial charge in [0.25, 0.3) is 0 Å². The van der Waals surface area contributed by atoms with Crippen molar-refractivity contribution in [2.45, 2.75) is 19.0 Å². The molecule has 0 aromatic heterocycles. The normalized spacial score (nSPS) is 11.0. The largest absolute Gasteiger partial charge is 0.351 e. The average molecular weight is 358 g/mol. The number of nitrogens with zero attached hydrogens (tertiary/aromatic N) is 1. The van der Waals surface area contributed by atoms with Gasteiger partial charge in [0.15, 0.2) is 0 Å². The van der Waals surface area contributed by atoms with Crippen LogP contribution < -0.4 is 5.32 Å². The van der Waals surface area contributed by atoms with E-state index in [1.807, 2.05) is 72.8 Å². The number of benzene rings is 3. The van der Waals surface area contributed by atoms with E-state index in [0.717, 1.165) is 23.2 Å². The zero-order chi connectivity index (χ0) is 19.1. The summed E-state index contributed by atoms with van der Waals surface area (Å²) in [4.78, 5) is 15.3. The summed E-state index contributed by atoms with van der Waals surface area (Å²) < 4.78 is 0. The van der Waals surface area contributed by atoms with Crippen LogP contribution in [0.15, 0.2) is 84.9 Å². The number of amides is 1. The van der Waals surface area contributed by atoms with E-state index in [1.54, 1.807) is 0 Å². The molecule has 1 amide bonds. The smallest absolute Gasteiger partial charge is 0.232 e. The van der Waals surface area contributed by atoms with E-state index < -0.39 is 0 Å². The number of rotatable bonds is 7. The minimum Gasteiger partial charge on any atom is -0.351 e. The molecular formula is C24H26N2O. The predicted molar refractivity (Wildman–Crippen MR) is 110 cm³/mol. The Morgan fingerprint density at radius 3 is 1.78 bits per heavy atom. The third kappa shape index (κ3) is 5.05. The van der Waals surface area contributed by atoms with E-state index in [0.29, 0.717) is 6.54 Å². The molecule has 3 nitrogen and oxygen atoms in total. The quantitative estimate of drug-likeness (QED) is 0.687. The Balaban J connectivity index is 1.80. The number of hydrogen-bond acceptors (Lipinski definition) is 2. The second kappa shape index (κ2) is 9.15. The van der Waals surface area contributed by atoms with Crippen LogP contribution in [0.4, 0.5) is 0 Å². The lowest BCUT2D eigenvalue weighted by molar-refractivity contribution is -0.121. The third-order valence-electron chi connectivity index (χ3n) is 4.59. The Morgan fingerprint density at radius 1 is 0.778 bits per heavy atom. The minimum atomic E-state index is -0.312. The summed E-state index contributed by atoms with van der Waals surface area (Å²) in [6, 6.07) is 28.2. The molecule has 0 aliphatic heterocycles. The van der Waals surface area contributed by atoms with Crippen LogP contribution in [-0.4, -0.2) is 24.9 Å². The highest BCUT2D eigenvalue weighted by atomic mass is 16.1. The predicted octanol–water partition coefficient (Wildman–Crippen LogP) is 4.20. The Bertz CT molecular complexity index is 820. The summed E-state index contributed by atoms with van der Waals surface area (Å²) in [5.74, 6) is -0.291. The van der Waals surface area contributed by atoms with Crippen LogP contribution in [0.5, 0.6) is 0 Å². The van der Waals surface area contributed by atoms with Crippen LogP contribution >= 0.6 is 0 Å². The van der Waals surface area contributed by atoms with Crippen molar-refractivity contribution in [1.29, 1.82) is 0 Å². The van der Waals surface area contributed by atoms with Gasteiger partial charge in [-0.3, -0.25) is 4.79 Å². The highest BCUT2D eigenvalue weighted by molar-refractivity contribution is 5.87. The molecule has 0 spiro atoms. The Labute approximate surface area is 161 Å². The van der Waals surface area contributed by atoms with E-state index >= 15 is 0 Å². The first kappa shape index (κ1) is 18.9. The van der Waals surface area contributed by atoms with Gasteiger partial charge in [0, 0.05) is 13.1 Å². The maximum absolute atomic E-state index is 13.1. The summed E-state index contributed by atoms with van der Waals surface area (Å²) in [7, 11) is 4.10. The molecule has 0 bridgehead atoms. The van der Waals surface area contributed by atoms with Crippen molar-refractivity contribution in [3.05, 3.63) is 107 Å². The number of carbonyl (C=O) groups excluding carboxylic acids is 1. The van der Waals surface area contributed by atoms with Gasteiger partial charge in [0.1, 0.15) is 0 Å². The molecule has 3 heteroatoms. The maximum Gasteiger partial charge on any atom is 0.232 e. The Hall–Kier alpha value is -2.91. The van der Waals surface area contributed by atoms with Crippen LogP contribution in [0.1, 0.15) is 28.2 Å². The number of carbonyl (C=O) groups is 1. The molecule has 0 fully saturated rings. The standard InChI is InChI=1S/C24H26N2O/c1-26(2)18-22-16-10-9-15-21(22)17-25-24(27)23(19-11-5-3-6-12-19)20-13-7-4-8-14-20/h3-16,23H,17-18H2,1-2H3,(H,25,27). The molecule has 0 aliphatic rings. The fourth-order valence-corrected chi connectivity index (χ4v) is 3.30. The molecule has 3 aromatic rings. The second-order valence-corrected chi connectivity index (χ2v) is 6.98. The first-order valence-electron chi connectivity index (χ1n) is 9.24. The topological polar surface area (TPSA) is 32.3 Å². The first-order chi connectivity index (χ1) is 13.1. The van der Waals surface area contributed by atoms with Crippen LogP contribution in [0.2, 0.25) is 0 Å². The summed E-state index contributed by atoms with van der Waals surface area (Å²) in [6.07, 6.45) is 0. The van der Waals surface area contributed by atoms with Gasteiger partial charge in [-0.1, -0.05) is 84.9 Å². The van der Waals surface area contributed by atoms with E-state index in [-0.39, 0.29) is 11.8 Å². The number of hydrogen-bond donors (Lipinski definition) is 1. The molecule has 1 N–H and O–H groups in total. The van der Waals surface area contributed by atoms with Gasteiger partial charge in [-0.25, -0.2) is 0 Å². The lowest BCUT2D eigenvalue weighted by atomic mass is 9.90. The van der Waals surface area contributed by atoms with Gasteiger partial charge in [0.2, 0.25) is 5.91 Å². The molecule has 138 valence electrons. The third-order valence-corrected chi connectivity index (χ3v) is 4.59. The molecule has 0 unspecified atom stereocenters. The summed E-state index contributed by atoms with van der Waals surface area (Å²) in [5.41, 5.74) is 4.39. The molecule has 0 radical (unpaired) electrons. The van der Waals surface area contributed by atoms with Crippen molar-refractivity contribution in [2.75, 3.05) is 14.1 Å². The van der Waals surface area contributed by atoms with E-state index in [2.05, 4.69) is 36.4 Å².